The molecule has 0 aliphatic heterocycles. The van der Waals surface area contributed by atoms with E-state index < -0.39 is 0 Å². The van der Waals surface area contributed by atoms with Crippen molar-refractivity contribution >= 4 is 29.1 Å². The van der Waals surface area contributed by atoms with Crippen molar-refractivity contribution in [3.8, 4) is 5.75 Å². The van der Waals surface area contributed by atoms with Gasteiger partial charge in [0.05, 0.1) is 7.11 Å². The molecule has 0 aromatic heterocycles. The van der Waals surface area contributed by atoms with Crippen molar-refractivity contribution in [3.63, 3.8) is 0 Å². The Balaban J connectivity index is 0.000000155. The molecule has 0 heterocycles. The summed E-state index contributed by atoms with van der Waals surface area (Å²) < 4.78 is 4.88. The predicted octanol–water partition coefficient (Wildman–Crippen LogP) is 5.31. The van der Waals surface area contributed by atoms with Crippen molar-refractivity contribution in [2.75, 3.05) is 7.11 Å². The number of thiol groups is 1. The molecular weight excluding hydrogens is 280 g/mol. The van der Waals surface area contributed by atoms with Crippen LogP contribution in [0, 0.1) is 5.39 Å². The van der Waals surface area contributed by atoms with Gasteiger partial charge in [-0.2, -0.15) is 0 Å². The van der Waals surface area contributed by atoms with E-state index in [4.69, 9.17) is 10.1 Å². The van der Waals surface area contributed by atoms with Gasteiger partial charge in [-0.1, -0.05) is 48.5 Å². The number of rotatable bonds is 1. The minimum atomic E-state index is 0.449. The predicted molar refractivity (Wildman–Crippen MR) is 88.9 cm³/mol. The van der Waals surface area contributed by atoms with E-state index in [-0.39, 0.29) is 0 Å². The summed E-state index contributed by atoms with van der Waals surface area (Å²) >= 11 is 4.35. The second-order valence-electron chi connectivity index (χ2n) is 4.27. The third kappa shape index (κ3) is 3.74. The molecule has 0 amide bonds. The molecule has 0 fully saturated rings. The van der Waals surface area contributed by atoms with E-state index in [2.05, 4.69) is 35.8 Å². The molecule has 3 nitrogen and oxygen atoms in total. The van der Waals surface area contributed by atoms with Crippen LogP contribution in [0.1, 0.15) is 0 Å². The van der Waals surface area contributed by atoms with Crippen LogP contribution in [0.3, 0.4) is 0 Å². The van der Waals surface area contributed by atoms with Crippen molar-refractivity contribution < 1.29 is 4.74 Å². The second-order valence-corrected chi connectivity index (χ2v) is 4.75. The zero-order chi connectivity index (χ0) is 15.1. The Morgan fingerprint density at radius 3 is 2.24 bits per heavy atom. The standard InChI is InChI=1S/C10H8S.C7H7N2O/c11-10-7-3-5-8-4-1-2-6-9(8)10;1-10-7-5-3-2-4-6(7)9-8/h1-7,11H;2-5H,1H3/q;+1. The Morgan fingerprint density at radius 1 is 0.905 bits per heavy atom. The van der Waals surface area contributed by atoms with Gasteiger partial charge in [-0.25, -0.2) is 0 Å². The first-order chi connectivity index (χ1) is 10.3. The van der Waals surface area contributed by atoms with Crippen LogP contribution < -0.4 is 4.74 Å². The van der Waals surface area contributed by atoms with E-state index in [9.17, 15) is 0 Å². The summed E-state index contributed by atoms with van der Waals surface area (Å²) in [5.74, 6) is 0.574. The molecule has 21 heavy (non-hydrogen) atoms. The van der Waals surface area contributed by atoms with Crippen molar-refractivity contribution in [1.82, 2.24) is 0 Å². The van der Waals surface area contributed by atoms with Gasteiger partial charge in [0.25, 0.3) is 0 Å². The zero-order valence-corrected chi connectivity index (χ0v) is 12.5. The van der Waals surface area contributed by atoms with E-state index >= 15 is 0 Å². The Bertz CT molecular complexity index is 776. The molecule has 3 rings (SSSR count). The molecule has 3 aromatic carbocycles. The molecule has 0 N–H and O–H groups in total. The topological polar surface area (TPSA) is 37.4 Å². The number of para-hydroxylation sites is 1. The Labute approximate surface area is 129 Å². The Hall–Kier alpha value is -2.51. The van der Waals surface area contributed by atoms with E-state index in [1.54, 1.807) is 18.2 Å². The third-order valence-corrected chi connectivity index (χ3v) is 3.35. The molecule has 3 aromatic rings. The first-order valence-corrected chi connectivity index (χ1v) is 6.86. The molecule has 0 saturated heterocycles. The fourth-order valence-electron chi connectivity index (χ4n) is 1.92. The third-order valence-electron chi connectivity index (χ3n) is 2.96. The number of fused-ring (bicyclic) bond motifs is 1. The maximum absolute atomic E-state index is 8.39. The first-order valence-electron chi connectivity index (χ1n) is 6.41. The lowest BCUT2D eigenvalue weighted by Gasteiger charge is -1.98. The molecule has 0 unspecified atom stereocenters. The van der Waals surface area contributed by atoms with Crippen molar-refractivity contribution in [3.05, 3.63) is 71.7 Å². The van der Waals surface area contributed by atoms with Crippen molar-refractivity contribution in [1.29, 1.82) is 5.39 Å². The van der Waals surface area contributed by atoms with Gasteiger partial charge < -0.3 is 4.74 Å². The number of benzene rings is 3. The van der Waals surface area contributed by atoms with Gasteiger partial charge in [-0.15, -0.1) is 12.6 Å². The van der Waals surface area contributed by atoms with Gasteiger partial charge in [-0.3, -0.25) is 0 Å². The minimum Gasteiger partial charge on any atom is -0.489 e. The highest BCUT2D eigenvalue weighted by molar-refractivity contribution is 7.80. The van der Waals surface area contributed by atoms with E-state index in [1.165, 1.54) is 17.9 Å². The minimum absolute atomic E-state index is 0.449. The van der Waals surface area contributed by atoms with Gasteiger partial charge >= 0.3 is 5.69 Å². The summed E-state index contributed by atoms with van der Waals surface area (Å²) in [4.78, 5) is 4.06. The van der Waals surface area contributed by atoms with Gasteiger partial charge in [-0.05, 0) is 22.9 Å². The lowest BCUT2D eigenvalue weighted by atomic mass is 10.1. The van der Waals surface area contributed by atoms with E-state index in [1.807, 2.05) is 30.3 Å². The summed E-state index contributed by atoms with van der Waals surface area (Å²) in [5.41, 5.74) is 0.449. The monoisotopic (exact) mass is 295 g/mol. The van der Waals surface area contributed by atoms with E-state index in [0.29, 0.717) is 11.4 Å². The van der Waals surface area contributed by atoms with Gasteiger partial charge in [0.1, 0.15) is 0 Å². The lowest BCUT2D eigenvalue weighted by molar-refractivity contribution is 0.417. The molecule has 0 radical (unpaired) electrons. The average molecular weight is 295 g/mol. The Kier molecular flexibility index (Phi) is 5.19. The Morgan fingerprint density at radius 2 is 1.57 bits per heavy atom. The highest BCUT2D eigenvalue weighted by atomic mass is 32.1. The molecule has 0 saturated carbocycles. The maximum atomic E-state index is 8.39. The summed E-state index contributed by atoms with van der Waals surface area (Å²) in [5, 5.41) is 10.9. The molecule has 0 atom stereocenters. The number of hydrogen-bond acceptors (Lipinski definition) is 3. The van der Waals surface area contributed by atoms with Crippen LogP contribution in [0.4, 0.5) is 5.69 Å². The highest BCUT2D eigenvalue weighted by Gasteiger charge is 2.10. The normalized spacial score (nSPS) is 9.38. The van der Waals surface area contributed by atoms with Crippen molar-refractivity contribution in [2.45, 2.75) is 4.90 Å². The van der Waals surface area contributed by atoms with E-state index in [0.717, 1.165) is 4.90 Å². The van der Waals surface area contributed by atoms with Crippen LogP contribution in [-0.2, 0) is 0 Å². The van der Waals surface area contributed by atoms with Crippen LogP contribution in [0.2, 0.25) is 0 Å². The molecule has 0 spiro atoms. The fraction of sp³-hybridized carbons (Fsp3) is 0.0588. The smallest absolute Gasteiger partial charge is 0.426 e. The van der Waals surface area contributed by atoms with Crippen molar-refractivity contribution in [2.24, 2.45) is 0 Å². The highest BCUT2D eigenvalue weighted by Crippen LogP contribution is 2.25. The fourth-order valence-corrected chi connectivity index (χ4v) is 2.21. The van der Waals surface area contributed by atoms with Crippen LogP contribution in [0.15, 0.2) is 71.6 Å². The quantitative estimate of drug-likeness (QED) is 0.488. The second kappa shape index (κ2) is 7.32. The molecule has 4 heteroatoms. The maximum Gasteiger partial charge on any atom is 0.426 e. The summed E-state index contributed by atoms with van der Waals surface area (Å²) in [7, 11) is 1.53. The number of methoxy groups -OCH3 is 1. The molecule has 0 aliphatic carbocycles. The van der Waals surface area contributed by atoms with Crippen LogP contribution in [0.5, 0.6) is 5.75 Å². The summed E-state index contributed by atoms with van der Waals surface area (Å²) in [6.45, 7) is 0. The summed E-state index contributed by atoms with van der Waals surface area (Å²) in [6.07, 6.45) is 0. The number of nitrogens with zero attached hydrogens (tertiary/aromatic N) is 2. The van der Waals surface area contributed by atoms with Gasteiger partial charge in [0.2, 0.25) is 11.1 Å². The van der Waals surface area contributed by atoms with Gasteiger partial charge in [0, 0.05) is 11.0 Å². The zero-order valence-electron chi connectivity index (χ0n) is 11.6. The molecule has 104 valence electrons. The molecule has 0 aliphatic rings. The van der Waals surface area contributed by atoms with Crippen LogP contribution >= 0.6 is 12.6 Å². The average Bonchev–Trinajstić information content (AvgIpc) is 2.56. The number of diazo groups is 1. The number of hydrogen-bond donors (Lipinski definition) is 1. The molecule has 0 bridgehead atoms. The number of ether oxygens (including phenoxy) is 1. The first kappa shape index (κ1) is 14.9. The van der Waals surface area contributed by atoms with Gasteiger partial charge in [0.15, 0.2) is 4.98 Å². The van der Waals surface area contributed by atoms with Crippen LogP contribution in [0.25, 0.3) is 15.7 Å². The lowest BCUT2D eigenvalue weighted by Crippen LogP contribution is -1.80. The summed E-state index contributed by atoms with van der Waals surface area (Å²) in [6, 6.07) is 21.3. The SMILES string of the molecule is COc1ccccc1[N+]#N.Sc1cccc2ccccc12. The largest absolute Gasteiger partial charge is 0.489 e. The van der Waals surface area contributed by atoms with Crippen LogP contribution in [-0.4, -0.2) is 7.11 Å². The molecular formula is C17H15N2OS+.